The van der Waals surface area contributed by atoms with E-state index in [2.05, 4.69) is 9.89 Å². The van der Waals surface area contributed by atoms with E-state index >= 15 is 0 Å². The highest BCUT2D eigenvalue weighted by molar-refractivity contribution is 7.89. The molecule has 162 valence electrons. The second-order valence-corrected chi connectivity index (χ2v) is 10.3. The van der Waals surface area contributed by atoms with Crippen LogP contribution in [0, 0.1) is 0 Å². The Morgan fingerprint density at radius 1 is 1.06 bits per heavy atom. The molecule has 2 heterocycles. The first-order chi connectivity index (χ1) is 14.9. The monoisotopic (exact) mass is 476 g/mol. The van der Waals surface area contributed by atoms with Gasteiger partial charge in [-0.05, 0) is 30.3 Å². The highest BCUT2D eigenvalue weighted by atomic mass is 35.5. The molecule has 4 rings (SSSR count). The molecule has 1 aliphatic heterocycles. The molecular weight excluding hydrogens is 456 g/mol. The van der Waals surface area contributed by atoms with E-state index < -0.39 is 15.9 Å². The maximum Gasteiger partial charge on any atom is 0.281 e. The van der Waals surface area contributed by atoms with Crippen LogP contribution in [0.5, 0.6) is 0 Å². The van der Waals surface area contributed by atoms with Crippen molar-refractivity contribution in [1.29, 1.82) is 0 Å². The number of aromatic nitrogens is 1. The Kier molecular flexibility index (Phi) is 6.29. The van der Waals surface area contributed by atoms with Crippen LogP contribution in [-0.2, 0) is 17.1 Å². The standard InChI is InChI=1S/C21H21ClN4O3S2/c1-24-13-14-30-21(24)23-20(27)18-15-17(7-8-19(18)22)31(28,29)26-11-9-25(10-12-26)16-5-3-2-4-6-16/h2-8,13-15H,9-12H2,1H3. The fourth-order valence-electron chi connectivity index (χ4n) is 3.39. The zero-order valence-electron chi connectivity index (χ0n) is 16.8. The van der Waals surface area contributed by atoms with Gasteiger partial charge in [0.1, 0.15) is 0 Å². The number of hydrogen-bond donors (Lipinski definition) is 0. The minimum absolute atomic E-state index is 0.0409. The average Bonchev–Trinajstić information content (AvgIpc) is 3.18. The van der Waals surface area contributed by atoms with Crippen molar-refractivity contribution in [3.05, 3.63) is 75.5 Å². The molecule has 1 aromatic heterocycles. The minimum atomic E-state index is -3.76. The van der Waals surface area contributed by atoms with Gasteiger partial charge in [-0.3, -0.25) is 4.79 Å². The summed E-state index contributed by atoms with van der Waals surface area (Å²) in [6, 6.07) is 14.1. The molecule has 0 atom stereocenters. The third-order valence-corrected chi connectivity index (χ3v) is 8.19. The zero-order valence-corrected chi connectivity index (χ0v) is 19.2. The van der Waals surface area contributed by atoms with Gasteiger partial charge in [-0.25, -0.2) is 8.42 Å². The highest BCUT2D eigenvalue weighted by Gasteiger charge is 2.29. The molecule has 10 heteroatoms. The molecule has 0 unspecified atom stereocenters. The number of rotatable bonds is 4. The molecule has 0 N–H and O–H groups in total. The van der Waals surface area contributed by atoms with E-state index in [9.17, 15) is 13.2 Å². The van der Waals surface area contributed by atoms with Crippen molar-refractivity contribution in [3.8, 4) is 0 Å². The van der Waals surface area contributed by atoms with Crippen molar-refractivity contribution in [1.82, 2.24) is 8.87 Å². The third kappa shape index (κ3) is 4.59. The fourth-order valence-corrected chi connectivity index (χ4v) is 5.76. The van der Waals surface area contributed by atoms with Crippen LogP contribution in [0.15, 0.2) is 70.0 Å². The number of amides is 1. The number of benzene rings is 2. The highest BCUT2D eigenvalue weighted by Crippen LogP contribution is 2.25. The Bertz CT molecular complexity index is 1260. The number of carbonyl (C=O) groups excluding carboxylic acids is 1. The van der Waals surface area contributed by atoms with Crippen molar-refractivity contribution < 1.29 is 13.2 Å². The molecule has 1 aliphatic rings. The molecule has 0 spiro atoms. The largest absolute Gasteiger partial charge is 0.369 e. The molecule has 1 fully saturated rings. The lowest BCUT2D eigenvalue weighted by atomic mass is 10.2. The predicted octanol–water partition coefficient (Wildman–Crippen LogP) is 2.99. The number of aryl methyl sites for hydroxylation is 1. The normalized spacial score (nSPS) is 15.9. The Hall–Kier alpha value is -2.46. The Balaban J connectivity index is 1.56. The van der Waals surface area contributed by atoms with Crippen LogP contribution in [-0.4, -0.2) is 49.4 Å². The van der Waals surface area contributed by atoms with Crippen molar-refractivity contribution in [2.24, 2.45) is 12.0 Å². The Labute approximate surface area is 189 Å². The summed E-state index contributed by atoms with van der Waals surface area (Å²) in [7, 11) is -1.98. The Morgan fingerprint density at radius 2 is 1.77 bits per heavy atom. The first-order valence-electron chi connectivity index (χ1n) is 9.65. The number of halogens is 1. The molecular formula is C21H21ClN4O3S2. The second kappa shape index (κ2) is 8.96. The van der Waals surface area contributed by atoms with Crippen LogP contribution in [0.3, 0.4) is 0 Å². The summed E-state index contributed by atoms with van der Waals surface area (Å²) in [6.45, 7) is 1.90. The van der Waals surface area contributed by atoms with Crippen molar-refractivity contribution >= 4 is 44.6 Å². The molecule has 0 saturated carbocycles. The summed E-state index contributed by atoms with van der Waals surface area (Å²) in [6.07, 6.45) is 1.79. The number of sulfonamides is 1. The first-order valence-corrected chi connectivity index (χ1v) is 12.3. The van der Waals surface area contributed by atoms with Gasteiger partial charge in [0.05, 0.1) is 15.5 Å². The fraction of sp³-hybridized carbons (Fsp3) is 0.238. The van der Waals surface area contributed by atoms with Crippen LogP contribution in [0.25, 0.3) is 0 Å². The number of para-hydroxylation sites is 1. The van der Waals surface area contributed by atoms with E-state index in [4.69, 9.17) is 11.6 Å². The van der Waals surface area contributed by atoms with E-state index in [-0.39, 0.29) is 15.5 Å². The van der Waals surface area contributed by atoms with Crippen LogP contribution >= 0.6 is 22.9 Å². The summed E-state index contributed by atoms with van der Waals surface area (Å²) in [4.78, 5) is 19.4. The number of hydrogen-bond acceptors (Lipinski definition) is 5. The molecule has 1 saturated heterocycles. The summed E-state index contributed by atoms with van der Waals surface area (Å²) in [5.41, 5.74) is 1.14. The summed E-state index contributed by atoms with van der Waals surface area (Å²) in [5, 5.41) is 1.98. The quantitative estimate of drug-likeness (QED) is 0.580. The number of piperazine rings is 1. The van der Waals surface area contributed by atoms with E-state index in [1.54, 1.807) is 17.8 Å². The number of carbonyl (C=O) groups is 1. The van der Waals surface area contributed by atoms with Gasteiger partial charge in [0, 0.05) is 50.5 Å². The maximum atomic E-state index is 13.2. The number of thiazole rings is 1. The van der Waals surface area contributed by atoms with Gasteiger partial charge in [-0.15, -0.1) is 11.3 Å². The summed E-state index contributed by atoms with van der Waals surface area (Å²) in [5.74, 6) is -0.575. The molecule has 7 nitrogen and oxygen atoms in total. The summed E-state index contributed by atoms with van der Waals surface area (Å²) >= 11 is 7.50. The van der Waals surface area contributed by atoms with Crippen LogP contribution in [0.4, 0.5) is 5.69 Å². The van der Waals surface area contributed by atoms with E-state index in [1.165, 1.54) is 33.8 Å². The van der Waals surface area contributed by atoms with Gasteiger partial charge in [0.15, 0.2) is 4.80 Å². The summed E-state index contributed by atoms with van der Waals surface area (Å²) < 4.78 is 29.6. The molecule has 0 aliphatic carbocycles. The molecule has 1 amide bonds. The lowest BCUT2D eigenvalue weighted by molar-refractivity contribution is 0.0998. The smallest absolute Gasteiger partial charge is 0.281 e. The van der Waals surface area contributed by atoms with Gasteiger partial charge in [-0.1, -0.05) is 29.8 Å². The van der Waals surface area contributed by atoms with E-state index in [1.807, 2.05) is 35.7 Å². The van der Waals surface area contributed by atoms with Gasteiger partial charge >= 0.3 is 0 Å². The predicted molar refractivity (Wildman–Crippen MR) is 122 cm³/mol. The maximum absolute atomic E-state index is 13.2. The number of anilines is 1. The van der Waals surface area contributed by atoms with Gasteiger partial charge in [0.2, 0.25) is 10.0 Å². The molecule has 0 bridgehead atoms. The molecule has 0 radical (unpaired) electrons. The SMILES string of the molecule is Cn1ccsc1=NC(=O)c1cc(S(=O)(=O)N2CCN(c3ccccc3)CC2)ccc1Cl. The second-order valence-electron chi connectivity index (χ2n) is 7.08. The van der Waals surface area contributed by atoms with Gasteiger partial charge < -0.3 is 9.47 Å². The van der Waals surface area contributed by atoms with Crippen molar-refractivity contribution in [3.63, 3.8) is 0 Å². The van der Waals surface area contributed by atoms with Crippen LogP contribution < -0.4 is 9.70 Å². The van der Waals surface area contributed by atoms with E-state index in [0.717, 1.165) is 5.69 Å². The van der Waals surface area contributed by atoms with Crippen LogP contribution in [0.2, 0.25) is 5.02 Å². The molecule has 3 aromatic rings. The molecule has 31 heavy (non-hydrogen) atoms. The third-order valence-electron chi connectivity index (χ3n) is 5.12. The van der Waals surface area contributed by atoms with Crippen molar-refractivity contribution in [2.45, 2.75) is 4.90 Å². The van der Waals surface area contributed by atoms with Gasteiger partial charge in [-0.2, -0.15) is 9.30 Å². The van der Waals surface area contributed by atoms with E-state index in [0.29, 0.717) is 31.0 Å². The Morgan fingerprint density at radius 3 is 2.42 bits per heavy atom. The zero-order chi connectivity index (χ0) is 22.0. The van der Waals surface area contributed by atoms with Gasteiger partial charge in [0.25, 0.3) is 5.91 Å². The number of nitrogens with zero attached hydrogens (tertiary/aromatic N) is 4. The van der Waals surface area contributed by atoms with Crippen LogP contribution in [0.1, 0.15) is 10.4 Å². The topological polar surface area (TPSA) is 75.0 Å². The molecule has 2 aromatic carbocycles. The lowest BCUT2D eigenvalue weighted by Gasteiger charge is -2.35. The average molecular weight is 477 g/mol. The van der Waals surface area contributed by atoms with Crippen molar-refractivity contribution in [2.75, 3.05) is 31.1 Å². The minimum Gasteiger partial charge on any atom is -0.369 e. The lowest BCUT2D eigenvalue weighted by Crippen LogP contribution is -2.48. The first kappa shape index (κ1) is 21.8.